The first-order valence-electron chi connectivity index (χ1n) is 9.73. The molecule has 5 rings (SSSR count). The van der Waals surface area contributed by atoms with Crippen LogP contribution in [0.5, 0.6) is 0 Å². The predicted octanol–water partition coefficient (Wildman–Crippen LogP) is 4.18. The Hall–Kier alpha value is -2.33. The van der Waals surface area contributed by atoms with E-state index >= 15 is 0 Å². The summed E-state index contributed by atoms with van der Waals surface area (Å²) < 4.78 is 2.30. The Kier molecular flexibility index (Phi) is 3.75. The standard InChI is InChI=1S/C22H26N4/c1-25-12-11-15-7-8-17(13-16(15)14-25)23-21-10-9-19-18-5-3-4-6-20(18)26(2)22(19)24-21/h7-10,13H,3-6,11-12,14H2,1-2H3,(H,23,24). The number of nitrogens with one attached hydrogen (secondary N) is 1. The Labute approximate surface area is 154 Å². The molecule has 0 atom stereocenters. The van der Waals surface area contributed by atoms with Crippen molar-refractivity contribution in [3.8, 4) is 0 Å². The largest absolute Gasteiger partial charge is 0.340 e. The van der Waals surface area contributed by atoms with Crippen LogP contribution in [-0.4, -0.2) is 28.0 Å². The lowest BCUT2D eigenvalue weighted by Gasteiger charge is -2.25. The lowest BCUT2D eigenvalue weighted by Crippen LogP contribution is -2.26. The highest BCUT2D eigenvalue weighted by Gasteiger charge is 2.19. The molecule has 0 spiro atoms. The number of hydrogen-bond acceptors (Lipinski definition) is 3. The lowest BCUT2D eigenvalue weighted by molar-refractivity contribution is 0.313. The average molecular weight is 346 g/mol. The summed E-state index contributed by atoms with van der Waals surface area (Å²) in [6.07, 6.45) is 6.12. The van der Waals surface area contributed by atoms with Gasteiger partial charge < -0.3 is 14.8 Å². The minimum atomic E-state index is 0.930. The zero-order valence-corrected chi connectivity index (χ0v) is 15.7. The van der Waals surface area contributed by atoms with Crippen LogP contribution in [0.2, 0.25) is 0 Å². The van der Waals surface area contributed by atoms with E-state index in [0.29, 0.717) is 0 Å². The fourth-order valence-corrected chi connectivity index (χ4v) is 4.61. The second-order valence-electron chi connectivity index (χ2n) is 7.86. The molecule has 4 nitrogen and oxygen atoms in total. The third-order valence-corrected chi connectivity index (χ3v) is 6.04. The Morgan fingerprint density at radius 2 is 1.85 bits per heavy atom. The molecule has 4 heteroatoms. The summed E-state index contributed by atoms with van der Waals surface area (Å²) in [6, 6.07) is 11.1. The minimum Gasteiger partial charge on any atom is -0.340 e. The highest BCUT2D eigenvalue weighted by atomic mass is 15.1. The molecule has 0 radical (unpaired) electrons. The molecular formula is C22H26N4. The topological polar surface area (TPSA) is 33.1 Å². The van der Waals surface area contributed by atoms with Crippen LogP contribution >= 0.6 is 0 Å². The number of rotatable bonds is 2. The zero-order chi connectivity index (χ0) is 17.7. The third-order valence-electron chi connectivity index (χ3n) is 6.04. The van der Waals surface area contributed by atoms with Gasteiger partial charge in [-0.15, -0.1) is 0 Å². The molecule has 1 aliphatic carbocycles. The maximum absolute atomic E-state index is 4.94. The maximum atomic E-state index is 4.94. The van der Waals surface area contributed by atoms with Crippen molar-refractivity contribution in [3.63, 3.8) is 0 Å². The molecule has 1 aliphatic heterocycles. The molecule has 1 aromatic carbocycles. The highest BCUT2D eigenvalue weighted by molar-refractivity contribution is 5.84. The van der Waals surface area contributed by atoms with Crippen molar-refractivity contribution in [2.45, 2.75) is 38.6 Å². The lowest BCUT2D eigenvalue weighted by atomic mass is 9.96. The number of fused-ring (bicyclic) bond motifs is 4. The van der Waals surface area contributed by atoms with Crippen molar-refractivity contribution in [2.24, 2.45) is 7.05 Å². The van der Waals surface area contributed by atoms with Gasteiger partial charge in [0, 0.05) is 36.9 Å². The molecule has 2 aromatic heterocycles. The smallest absolute Gasteiger partial charge is 0.142 e. The van der Waals surface area contributed by atoms with Crippen molar-refractivity contribution >= 4 is 22.5 Å². The summed E-state index contributed by atoms with van der Waals surface area (Å²) in [5.74, 6) is 0.930. The van der Waals surface area contributed by atoms with E-state index in [4.69, 9.17) is 4.98 Å². The van der Waals surface area contributed by atoms with Crippen molar-refractivity contribution in [1.82, 2.24) is 14.5 Å². The van der Waals surface area contributed by atoms with E-state index in [1.165, 1.54) is 53.5 Å². The maximum Gasteiger partial charge on any atom is 0.142 e. The van der Waals surface area contributed by atoms with E-state index in [0.717, 1.165) is 36.7 Å². The van der Waals surface area contributed by atoms with Gasteiger partial charge >= 0.3 is 0 Å². The zero-order valence-electron chi connectivity index (χ0n) is 15.7. The van der Waals surface area contributed by atoms with E-state index in [9.17, 15) is 0 Å². The van der Waals surface area contributed by atoms with Gasteiger partial charge in [0.25, 0.3) is 0 Å². The van der Waals surface area contributed by atoms with Crippen LogP contribution in [0.3, 0.4) is 0 Å². The quantitative estimate of drug-likeness (QED) is 0.755. The molecule has 0 fully saturated rings. The van der Waals surface area contributed by atoms with E-state index in [1.54, 1.807) is 0 Å². The molecule has 0 bridgehead atoms. The Balaban J connectivity index is 1.48. The number of hydrogen-bond donors (Lipinski definition) is 1. The van der Waals surface area contributed by atoms with E-state index in [1.807, 2.05) is 0 Å². The van der Waals surface area contributed by atoms with Gasteiger partial charge in [-0.05, 0) is 80.1 Å². The molecule has 26 heavy (non-hydrogen) atoms. The average Bonchev–Trinajstić information content (AvgIpc) is 2.94. The Morgan fingerprint density at radius 1 is 0.962 bits per heavy atom. The van der Waals surface area contributed by atoms with Crippen LogP contribution in [-0.2, 0) is 32.9 Å². The summed E-state index contributed by atoms with van der Waals surface area (Å²) >= 11 is 0. The van der Waals surface area contributed by atoms with Gasteiger partial charge in [-0.2, -0.15) is 0 Å². The number of aryl methyl sites for hydroxylation is 2. The molecule has 0 saturated carbocycles. The number of aromatic nitrogens is 2. The van der Waals surface area contributed by atoms with Gasteiger partial charge in [0.15, 0.2) is 0 Å². The molecule has 3 heterocycles. The normalized spacial score (nSPS) is 17.2. The van der Waals surface area contributed by atoms with Crippen LogP contribution in [0.4, 0.5) is 11.5 Å². The second kappa shape index (κ2) is 6.13. The van der Waals surface area contributed by atoms with Crippen LogP contribution in [0.25, 0.3) is 11.0 Å². The van der Waals surface area contributed by atoms with Gasteiger partial charge in [-0.25, -0.2) is 4.98 Å². The van der Waals surface area contributed by atoms with Gasteiger partial charge in [-0.3, -0.25) is 0 Å². The number of benzene rings is 1. The van der Waals surface area contributed by atoms with Gasteiger partial charge in [-0.1, -0.05) is 6.07 Å². The molecule has 1 N–H and O–H groups in total. The van der Waals surface area contributed by atoms with Gasteiger partial charge in [0.05, 0.1) is 0 Å². The molecule has 2 aliphatic rings. The van der Waals surface area contributed by atoms with Crippen molar-refractivity contribution in [3.05, 3.63) is 52.7 Å². The summed E-state index contributed by atoms with van der Waals surface area (Å²) in [4.78, 5) is 7.32. The summed E-state index contributed by atoms with van der Waals surface area (Å²) in [7, 11) is 4.35. The highest BCUT2D eigenvalue weighted by Crippen LogP contribution is 2.32. The van der Waals surface area contributed by atoms with E-state index < -0.39 is 0 Å². The third kappa shape index (κ3) is 2.60. The fraction of sp³-hybridized carbons (Fsp3) is 0.409. The summed E-state index contributed by atoms with van der Waals surface area (Å²) in [5.41, 5.74) is 8.15. The van der Waals surface area contributed by atoms with Crippen molar-refractivity contribution in [2.75, 3.05) is 18.9 Å². The molecule has 0 amide bonds. The molecule has 134 valence electrons. The Bertz CT molecular complexity index is 985. The molecule has 3 aromatic rings. The van der Waals surface area contributed by atoms with Crippen molar-refractivity contribution in [1.29, 1.82) is 0 Å². The molecular weight excluding hydrogens is 320 g/mol. The minimum absolute atomic E-state index is 0.930. The monoisotopic (exact) mass is 346 g/mol. The Morgan fingerprint density at radius 3 is 2.77 bits per heavy atom. The van der Waals surface area contributed by atoms with Crippen LogP contribution < -0.4 is 5.32 Å². The van der Waals surface area contributed by atoms with E-state index in [2.05, 4.69) is 59.2 Å². The summed E-state index contributed by atoms with van der Waals surface area (Å²) in [5, 5.41) is 4.86. The van der Waals surface area contributed by atoms with Gasteiger partial charge in [0.1, 0.15) is 11.5 Å². The SMILES string of the molecule is CN1CCc2ccc(Nc3ccc4c5c(n(C)c4n3)CCCC5)cc2C1. The van der Waals surface area contributed by atoms with Crippen LogP contribution in [0.1, 0.15) is 35.2 Å². The number of nitrogens with zero attached hydrogens (tertiary/aromatic N) is 3. The first-order chi connectivity index (χ1) is 12.7. The molecule has 0 saturated heterocycles. The second-order valence-corrected chi connectivity index (χ2v) is 7.86. The van der Waals surface area contributed by atoms with Crippen molar-refractivity contribution < 1.29 is 0 Å². The van der Waals surface area contributed by atoms with E-state index in [-0.39, 0.29) is 0 Å². The fourth-order valence-electron chi connectivity index (χ4n) is 4.61. The molecule has 0 unspecified atom stereocenters. The number of pyridine rings is 1. The van der Waals surface area contributed by atoms with Crippen LogP contribution in [0.15, 0.2) is 30.3 Å². The number of anilines is 2. The predicted molar refractivity (Wildman–Crippen MR) is 107 cm³/mol. The van der Waals surface area contributed by atoms with Gasteiger partial charge in [0.2, 0.25) is 0 Å². The first-order valence-corrected chi connectivity index (χ1v) is 9.73. The first kappa shape index (κ1) is 15.9. The van der Waals surface area contributed by atoms with Crippen LogP contribution in [0, 0.1) is 0 Å². The summed E-state index contributed by atoms with van der Waals surface area (Å²) in [6.45, 7) is 2.18. The number of likely N-dealkylation sites (N-methyl/N-ethyl adjacent to an activating group) is 1.